The van der Waals surface area contributed by atoms with E-state index in [0.29, 0.717) is 23.6 Å². The van der Waals surface area contributed by atoms with Crippen molar-refractivity contribution in [2.24, 2.45) is 0 Å². The van der Waals surface area contributed by atoms with Gasteiger partial charge in [0, 0.05) is 12.1 Å². The summed E-state index contributed by atoms with van der Waals surface area (Å²) in [5.41, 5.74) is 1.14. The van der Waals surface area contributed by atoms with Crippen LogP contribution in [-0.4, -0.2) is 22.7 Å². The topological polar surface area (TPSA) is 44.1 Å². The van der Waals surface area contributed by atoms with Crippen molar-refractivity contribution >= 4 is 16.6 Å². The number of nitrogens with zero attached hydrogens (tertiary/aromatic N) is 2. The third kappa shape index (κ3) is 2.29. The Balaban J connectivity index is 2.10. The number of aryl methyl sites for hydroxylation is 1. The van der Waals surface area contributed by atoms with Crippen LogP contribution in [0.25, 0.3) is 10.8 Å². The second-order valence-corrected chi connectivity index (χ2v) is 4.77. The van der Waals surface area contributed by atoms with Crippen LogP contribution >= 0.6 is 0 Å². The highest BCUT2D eigenvalue weighted by molar-refractivity contribution is 6.11. The molecule has 106 valence electrons. The predicted octanol–water partition coefficient (Wildman–Crippen LogP) is 3.30. The first-order chi connectivity index (χ1) is 10.2. The summed E-state index contributed by atoms with van der Waals surface area (Å²) >= 11 is 0. The molecule has 4 nitrogen and oxygen atoms in total. The maximum Gasteiger partial charge on any atom is 0.214 e. The van der Waals surface area contributed by atoms with Crippen molar-refractivity contribution in [3.8, 4) is 5.75 Å². The first kappa shape index (κ1) is 13.4. The van der Waals surface area contributed by atoms with Gasteiger partial charge in [0.25, 0.3) is 0 Å². The van der Waals surface area contributed by atoms with Crippen molar-refractivity contribution in [3.63, 3.8) is 0 Å². The highest BCUT2D eigenvalue weighted by atomic mass is 16.5. The summed E-state index contributed by atoms with van der Waals surface area (Å²) in [5.74, 6) is 0.437. The Morgan fingerprint density at radius 2 is 1.95 bits per heavy atom. The van der Waals surface area contributed by atoms with Gasteiger partial charge in [0.05, 0.1) is 13.3 Å². The largest absolute Gasteiger partial charge is 0.493 e. The summed E-state index contributed by atoms with van der Waals surface area (Å²) in [6.45, 7) is 2.57. The Hall–Kier alpha value is -2.62. The Labute approximate surface area is 123 Å². The summed E-state index contributed by atoms with van der Waals surface area (Å²) in [4.78, 5) is 12.8. The summed E-state index contributed by atoms with van der Waals surface area (Å²) < 4.78 is 6.92. The van der Waals surface area contributed by atoms with E-state index >= 15 is 0 Å². The third-order valence-corrected chi connectivity index (χ3v) is 3.55. The molecule has 4 heteroatoms. The average molecular weight is 280 g/mol. The van der Waals surface area contributed by atoms with Gasteiger partial charge >= 0.3 is 0 Å². The van der Waals surface area contributed by atoms with E-state index in [1.54, 1.807) is 18.0 Å². The van der Waals surface area contributed by atoms with Gasteiger partial charge in [-0.25, -0.2) is 0 Å². The quantitative estimate of drug-likeness (QED) is 0.689. The number of ether oxygens (including phenoxy) is 1. The monoisotopic (exact) mass is 280 g/mol. The van der Waals surface area contributed by atoms with Gasteiger partial charge < -0.3 is 4.74 Å². The molecule has 0 atom stereocenters. The zero-order valence-corrected chi connectivity index (χ0v) is 12.0. The van der Waals surface area contributed by atoms with Gasteiger partial charge in [-0.2, -0.15) is 5.10 Å². The van der Waals surface area contributed by atoms with Crippen molar-refractivity contribution in [1.29, 1.82) is 0 Å². The molecule has 0 saturated heterocycles. The van der Waals surface area contributed by atoms with Crippen LogP contribution in [0, 0.1) is 0 Å². The molecule has 0 fully saturated rings. The number of benzene rings is 2. The second kappa shape index (κ2) is 5.40. The Bertz CT molecular complexity index is 784. The molecule has 0 radical (unpaired) electrons. The van der Waals surface area contributed by atoms with Crippen molar-refractivity contribution in [2.75, 3.05) is 7.11 Å². The molecule has 0 N–H and O–H groups in total. The van der Waals surface area contributed by atoms with Gasteiger partial charge in [0.2, 0.25) is 5.78 Å². The lowest BCUT2D eigenvalue weighted by atomic mass is 10.0. The first-order valence-electron chi connectivity index (χ1n) is 6.88. The molecule has 1 aromatic heterocycles. The van der Waals surface area contributed by atoms with Gasteiger partial charge in [-0.05, 0) is 23.8 Å². The number of hydrogen-bond acceptors (Lipinski definition) is 3. The molecule has 1 heterocycles. The number of fused-ring (bicyclic) bond motifs is 1. The van der Waals surface area contributed by atoms with Crippen molar-refractivity contribution in [1.82, 2.24) is 9.78 Å². The van der Waals surface area contributed by atoms with Crippen LogP contribution in [0.3, 0.4) is 0 Å². The number of rotatable bonds is 4. The van der Waals surface area contributed by atoms with Crippen molar-refractivity contribution in [3.05, 3.63) is 59.9 Å². The van der Waals surface area contributed by atoms with E-state index in [4.69, 9.17) is 4.74 Å². The van der Waals surface area contributed by atoms with E-state index in [-0.39, 0.29) is 5.78 Å². The lowest BCUT2D eigenvalue weighted by Gasteiger charge is -2.07. The Morgan fingerprint density at radius 1 is 1.19 bits per heavy atom. The number of carbonyl (C=O) groups is 1. The van der Waals surface area contributed by atoms with E-state index in [1.165, 1.54) is 0 Å². The van der Waals surface area contributed by atoms with Crippen LogP contribution in [0.1, 0.15) is 23.0 Å². The summed E-state index contributed by atoms with van der Waals surface area (Å²) in [5, 5.41) is 6.35. The molecule has 0 amide bonds. The molecule has 0 aliphatic carbocycles. The molecular weight excluding hydrogens is 264 g/mol. The van der Waals surface area contributed by atoms with Crippen molar-refractivity contribution in [2.45, 2.75) is 13.5 Å². The van der Waals surface area contributed by atoms with Gasteiger partial charge in [0.15, 0.2) is 11.4 Å². The van der Waals surface area contributed by atoms with E-state index < -0.39 is 0 Å². The van der Waals surface area contributed by atoms with Gasteiger partial charge in [-0.1, -0.05) is 36.4 Å². The molecule has 21 heavy (non-hydrogen) atoms. The minimum atomic E-state index is -0.0723. The third-order valence-electron chi connectivity index (χ3n) is 3.55. The van der Waals surface area contributed by atoms with Crippen LogP contribution in [0.15, 0.2) is 48.7 Å². The zero-order chi connectivity index (χ0) is 14.8. The molecule has 0 aliphatic heterocycles. The molecule has 3 rings (SSSR count). The minimum Gasteiger partial charge on any atom is -0.493 e. The molecule has 0 bridgehead atoms. The number of aromatic nitrogens is 2. The standard InChI is InChI=1S/C17H16N2O2/c1-3-19-16(15(21-2)11-18-19)17(20)14-9-8-12-6-4-5-7-13(12)10-14/h4-11H,3H2,1-2H3. The molecule has 0 unspecified atom stereocenters. The van der Waals surface area contributed by atoms with E-state index in [0.717, 1.165) is 10.8 Å². The van der Waals surface area contributed by atoms with Crippen LogP contribution < -0.4 is 4.74 Å². The minimum absolute atomic E-state index is 0.0723. The highest BCUT2D eigenvalue weighted by Gasteiger charge is 2.20. The molecule has 0 saturated carbocycles. The SMILES string of the molecule is CCn1ncc(OC)c1C(=O)c1ccc2ccccc2c1. The highest BCUT2D eigenvalue weighted by Crippen LogP contribution is 2.23. The summed E-state index contributed by atoms with van der Waals surface area (Å²) in [6, 6.07) is 13.7. The van der Waals surface area contributed by atoms with Crippen molar-refractivity contribution < 1.29 is 9.53 Å². The van der Waals surface area contributed by atoms with Crippen LogP contribution in [0.4, 0.5) is 0 Å². The fraction of sp³-hybridized carbons (Fsp3) is 0.176. The van der Waals surface area contributed by atoms with E-state index in [2.05, 4.69) is 5.10 Å². The number of ketones is 1. The molecule has 2 aromatic carbocycles. The normalized spacial score (nSPS) is 10.8. The lowest BCUT2D eigenvalue weighted by molar-refractivity contribution is 0.102. The summed E-state index contributed by atoms with van der Waals surface area (Å²) in [7, 11) is 1.55. The van der Waals surface area contributed by atoms with Gasteiger partial charge in [-0.3, -0.25) is 9.48 Å². The maximum absolute atomic E-state index is 12.8. The maximum atomic E-state index is 12.8. The molecule has 3 aromatic rings. The first-order valence-corrected chi connectivity index (χ1v) is 6.88. The fourth-order valence-electron chi connectivity index (χ4n) is 2.45. The van der Waals surface area contributed by atoms with Crippen LogP contribution in [0.2, 0.25) is 0 Å². The lowest BCUT2D eigenvalue weighted by Crippen LogP contribution is -2.11. The fourth-order valence-corrected chi connectivity index (χ4v) is 2.45. The second-order valence-electron chi connectivity index (χ2n) is 4.77. The average Bonchev–Trinajstić information content (AvgIpc) is 2.96. The number of methoxy groups -OCH3 is 1. The Kier molecular flexibility index (Phi) is 3.44. The van der Waals surface area contributed by atoms with E-state index in [1.807, 2.05) is 49.4 Å². The Morgan fingerprint density at radius 3 is 2.67 bits per heavy atom. The number of hydrogen-bond donors (Lipinski definition) is 0. The van der Waals surface area contributed by atoms with Gasteiger partial charge in [-0.15, -0.1) is 0 Å². The molecule has 0 aliphatic rings. The van der Waals surface area contributed by atoms with E-state index in [9.17, 15) is 4.79 Å². The van der Waals surface area contributed by atoms with Gasteiger partial charge in [0.1, 0.15) is 0 Å². The number of carbonyl (C=O) groups excluding carboxylic acids is 1. The van der Waals surface area contributed by atoms with Crippen LogP contribution in [-0.2, 0) is 6.54 Å². The van der Waals surface area contributed by atoms with Crippen LogP contribution in [0.5, 0.6) is 5.75 Å². The predicted molar refractivity (Wildman–Crippen MR) is 81.8 cm³/mol. The zero-order valence-electron chi connectivity index (χ0n) is 12.0. The smallest absolute Gasteiger partial charge is 0.214 e. The molecular formula is C17H16N2O2. The molecule has 0 spiro atoms. The summed E-state index contributed by atoms with van der Waals surface area (Å²) in [6.07, 6.45) is 1.58.